The average Bonchev–Trinajstić information content (AvgIpc) is 3.41. The van der Waals surface area contributed by atoms with Crippen LogP contribution in [0.1, 0.15) is 55.5 Å². The minimum Gasteiger partial charge on any atom is -0.357 e. The van der Waals surface area contributed by atoms with Crippen molar-refractivity contribution in [3.8, 4) is 11.1 Å². The number of piperidine rings is 1. The number of hydrogen-bond acceptors (Lipinski definition) is 3. The van der Waals surface area contributed by atoms with Gasteiger partial charge in [-0.15, -0.1) is 0 Å². The number of fused-ring (bicyclic) bond motifs is 2. The highest BCUT2D eigenvalue weighted by Gasteiger charge is 2.30. The summed E-state index contributed by atoms with van der Waals surface area (Å²) in [6, 6.07) is 10.7. The molecule has 0 saturated carbocycles. The van der Waals surface area contributed by atoms with Crippen LogP contribution in [0.2, 0.25) is 0 Å². The number of carbonyl (C=O) groups excluding carboxylic acids is 2. The fraction of sp³-hybridized carbons (Fsp3) is 0.355. The van der Waals surface area contributed by atoms with Crippen molar-refractivity contribution in [2.45, 2.75) is 44.9 Å². The molecule has 2 amide bonds. The van der Waals surface area contributed by atoms with Crippen LogP contribution in [-0.2, 0) is 16.0 Å². The van der Waals surface area contributed by atoms with Gasteiger partial charge in [-0.2, -0.15) is 0 Å². The van der Waals surface area contributed by atoms with E-state index in [1.54, 1.807) is 24.3 Å². The predicted molar refractivity (Wildman–Crippen MR) is 149 cm³/mol. The molecular weight excluding hydrogens is 498 g/mol. The summed E-state index contributed by atoms with van der Waals surface area (Å²) in [6.45, 7) is 3.56. The molecule has 1 fully saturated rings. The second-order valence-electron chi connectivity index (χ2n) is 10.6. The molecule has 0 bridgehead atoms. The van der Waals surface area contributed by atoms with Crippen molar-refractivity contribution in [1.82, 2.24) is 9.88 Å². The van der Waals surface area contributed by atoms with Crippen molar-refractivity contribution >= 4 is 34.8 Å². The van der Waals surface area contributed by atoms with Crippen molar-refractivity contribution in [3.05, 3.63) is 71.1 Å². The Balaban J connectivity index is 1.32. The molecule has 3 aliphatic heterocycles. The number of likely N-dealkylation sites (tertiary alicyclic amines) is 1. The molecule has 2 N–H and O–H groups in total. The van der Waals surface area contributed by atoms with E-state index in [4.69, 9.17) is 0 Å². The molecule has 0 unspecified atom stereocenters. The number of aromatic amines is 1. The average molecular weight is 531 g/mol. The fourth-order valence-corrected chi connectivity index (χ4v) is 6.05. The highest BCUT2D eigenvalue weighted by molar-refractivity contribution is 6.36. The zero-order valence-corrected chi connectivity index (χ0v) is 21.9. The van der Waals surface area contributed by atoms with Gasteiger partial charge in [0, 0.05) is 42.1 Å². The molecule has 1 aromatic heterocycles. The van der Waals surface area contributed by atoms with Gasteiger partial charge in [-0.1, -0.05) is 24.6 Å². The van der Waals surface area contributed by atoms with Crippen LogP contribution in [0.3, 0.4) is 0 Å². The van der Waals surface area contributed by atoms with Crippen LogP contribution < -0.4 is 10.2 Å². The first-order chi connectivity index (χ1) is 19.0. The summed E-state index contributed by atoms with van der Waals surface area (Å²) < 4.78 is 29.5. The zero-order valence-electron chi connectivity index (χ0n) is 21.9. The van der Waals surface area contributed by atoms with Gasteiger partial charge in [0.2, 0.25) is 5.91 Å². The summed E-state index contributed by atoms with van der Waals surface area (Å²) >= 11 is 0. The Morgan fingerprint density at radius 2 is 1.67 bits per heavy atom. The number of H-pyrrole nitrogens is 1. The van der Waals surface area contributed by atoms with E-state index in [-0.39, 0.29) is 17.4 Å². The molecule has 1 saturated heterocycles. The van der Waals surface area contributed by atoms with Gasteiger partial charge in [0.05, 0.1) is 16.8 Å². The lowest BCUT2D eigenvalue weighted by atomic mass is 9.93. The highest BCUT2D eigenvalue weighted by Crippen LogP contribution is 2.42. The predicted octanol–water partition coefficient (Wildman–Crippen LogP) is 6.00. The summed E-state index contributed by atoms with van der Waals surface area (Å²) in [5, 5.41) is 2.83. The van der Waals surface area contributed by atoms with Crippen LogP contribution in [0.4, 0.5) is 20.2 Å². The number of carbonyl (C=O) groups is 2. The summed E-state index contributed by atoms with van der Waals surface area (Å²) in [5.41, 5.74) is 3.95. The summed E-state index contributed by atoms with van der Waals surface area (Å²) in [6.07, 6.45) is 8.55. The largest absolute Gasteiger partial charge is 0.357 e. The lowest BCUT2D eigenvalue weighted by molar-refractivity contribution is -0.119. The molecule has 6 rings (SSSR count). The van der Waals surface area contributed by atoms with E-state index >= 15 is 0 Å². The van der Waals surface area contributed by atoms with E-state index in [0.29, 0.717) is 41.0 Å². The van der Waals surface area contributed by atoms with E-state index in [0.717, 1.165) is 50.3 Å². The van der Waals surface area contributed by atoms with Gasteiger partial charge < -0.3 is 20.1 Å². The van der Waals surface area contributed by atoms with E-state index in [2.05, 4.69) is 15.2 Å². The van der Waals surface area contributed by atoms with Gasteiger partial charge in [-0.3, -0.25) is 9.59 Å². The highest BCUT2D eigenvalue weighted by atomic mass is 19.1. The van der Waals surface area contributed by atoms with Crippen LogP contribution in [-0.4, -0.2) is 47.9 Å². The van der Waals surface area contributed by atoms with Crippen LogP contribution >= 0.6 is 0 Å². The van der Waals surface area contributed by atoms with Gasteiger partial charge in [-0.05, 0) is 81.1 Å². The quantitative estimate of drug-likeness (QED) is 0.398. The number of aryl methyl sites for hydroxylation is 1. The van der Waals surface area contributed by atoms with Crippen LogP contribution in [0.5, 0.6) is 0 Å². The van der Waals surface area contributed by atoms with E-state index in [9.17, 15) is 18.4 Å². The maximum atomic E-state index is 14.7. The second kappa shape index (κ2) is 10.8. The van der Waals surface area contributed by atoms with Gasteiger partial charge >= 0.3 is 0 Å². The third-order valence-electron chi connectivity index (χ3n) is 8.00. The first-order valence-corrected chi connectivity index (χ1v) is 13.8. The number of benzene rings is 2. The number of anilines is 2. The number of amides is 2. The third kappa shape index (κ3) is 5.01. The molecule has 0 aliphatic carbocycles. The Labute approximate surface area is 226 Å². The van der Waals surface area contributed by atoms with Crippen LogP contribution in [0.15, 0.2) is 42.5 Å². The van der Waals surface area contributed by atoms with E-state index < -0.39 is 11.6 Å². The van der Waals surface area contributed by atoms with Crippen LogP contribution in [0.25, 0.3) is 22.8 Å². The standard InChI is InChI=1S/C31H32F2N4O2/c32-23-9-7-10-24(33)30(23)21-8-6-12-26-29(21)22(31(39)35-26)18-20-19-27-25(34-20)11-2-5-16-37(27)28(38)13-17-36-14-3-1-4-15-36/h6-10,12,18-19,34H,1-5,11,13-17H2,(H,35,39). The molecule has 6 nitrogen and oxygen atoms in total. The Kier molecular flexibility index (Phi) is 7.04. The molecule has 3 aromatic rings. The Bertz CT molecular complexity index is 1430. The molecule has 2 aromatic carbocycles. The third-order valence-corrected chi connectivity index (χ3v) is 8.00. The van der Waals surface area contributed by atoms with Crippen molar-refractivity contribution in [2.24, 2.45) is 0 Å². The molecule has 0 atom stereocenters. The number of nitrogens with zero attached hydrogens (tertiary/aromatic N) is 2. The van der Waals surface area contributed by atoms with Gasteiger partial charge in [0.25, 0.3) is 5.91 Å². The van der Waals surface area contributed by atoms with Crippen LogP contribution in [0, 0.1) is 11.6 Å². The smallest absolute Gasteiger partial charge is 0.256 e. The SMILES string of the molecule is O=C1Nc2cccc(-c3c(F)cccc3F)c2C1=Cc1cc2c([nH]1)CCCCN2C(=O)CCN1CCCCC1. The maximum absolute atomic E-state index is 14.7. The van der Waals surface area contributed by atoms with Crippen molar-refractivity contribution in [1.29, 1.82) is 0 Å². The van der Waals surface area contributed by atoms with E-state index in [1.165, 1.54) is 37.5 Å². The maximum Gasteiger partial charge on any atom is 0.256 e. The van der Waals surface area contributed by atoms with Gasteiger partial charge in [0.15, 0.2) is 0 Å². The first kappa shape index (κ1) is 25.5. The molecule has 8 heteroatoms. The monoisotopic (exact) mass is 530 g/mol. The van der Waals surface area contributed by atoms with Crippen molar-refractivity contribution < 1.29 is 18.4 Å². The van der Waals surface area contributed by atoms with E-state index in [1.807, 2.05) is 11.0 Å². The lowest BCUT2D eigenvalue weighted by Crippen LogP contribution is -2.36. The Hall–Kier alpha value is -3.78. The zero-order chi connectivity index (χ0) is 26.9. The lowest BCUT2D eigenvalue weighted by Gasteiger charge is -2.27. The van der Waals surface area contributed by atoms with Crippen molar-refractivity contribution in [3.63, 3.8) is 0 Å². The number of rotatable bonds is 5. The number of halogens is 2. The summed E-state index contributed by atoms with van der Waals surface area (Å²) in [7, 11) is 0. The number of nitrogens with one attached hydrogen (secondary N) is 2. The Morgan fingerprint density at radius 1 is 0.923 bits per heavy atom. The molecule has 3 aliphatic rings. The molecule has 4 heterocycles. The molecule has 0 spiro atoms. The molecule has 202 valence electrons. The van der Waals surface area contributed by atoms with Gasteiger partial charge in [0.1, 0.15) is 11.6 Å². The van der Waals surface area contributed by atoms with Crippen molar-refractivity contribution in [2.75, 3.05) is 36.4 Å². The molecule has 39 heavy (non-hydrogen) atoms. The first-order valence-electron chi connectivity index (χ1n) is 13.8. The summed E-state index contributed by atoms with van der Waals surface area (Å²) in [5.74, 6) is -1.60. The number of aromatic nitrogens is 1. The molecule has 0 radical (unpaired) electrons. The minimum atomic E-state index is -0.688. The second-order valence-corrected chi connectivity index (χ2v) is 10.6. The minimum absolute atomic E-state index is 0.114. The number of hydrogen-bond donors (Lipinski definition) is 2. The fourth-order valence-electron chi connectivity index (χ4n) is 6.05. The Morgan fingerprint density at radius 3 is 2.46 bits per heavy atom. The van der Waals surface area contributed by atoms with Gasteiger partial charge in [-0.25, -0.2) is 8.78 Å². The molecular formula is C31H32F2N4O2. The normalized spacial score (nSPS) is 18.6. The summed E-state index contributed by atoms with van der Waals surface area (Å²) in [4.78, 5) is 34.0. The topological polar surface area (TPSA) is 68.4 Å².